The summed E-state index contributed by atoms with van der Waals surface area (Å²) in [7, 11) is 0. The van der Waals surface area contributed by atoms with Gasteiger partial charge in [-0.15, -0.1) is 0 Å². The van der Waals surface area contributed by atoms with Gasteiger partial charge < -0.3 is 4.74 Å². The van der Waals surface area contributed by atoms with E-state index >= 15 is 0 Å². The summed E-state index contributed by atoms with van der Waals surface area (Å²) in [5, 5.41) is 0. The van der Waals surface area contributed by atoms with E-state index in [0.717, 1.165) is 24.0 Å². The van der Waals surface area contributed by atoms with Crippen LogP contribution in [-0.4, -0.2) is 31.1 Å². The van der Waals surface area contributed by atoms with Crippen LogP contribution in [0.25, 0.3) is 11.7 Å². The van der Waals surface area contributed by atoms with Crippen LogP contribution in [0, 0.1) is 13.8 Å². The second-order valence-corrected chi connectivity index (χ2v) is 12.1. The minimum absolute atomic E-state index is 0.166. The number of hydrogen-bond acceptors (Lipinski definition) is 6. The van der Waals surface area contributed by atoms with Crippen molar-refractivity contribution in [3.63, 3.8) is 0 Å². The molecule has 3 heterocycles. The average Bonchev–Trinajstić information content (AvgIpc) is 3.19. The maximum Gasteiger partial charge on any atom is 0.269 e. The van der Waals surface area contributed by atoms with Crippen molar-refractivity contribution in [1.82, 2.24) is 14.3 Å². The molecule has 0 saturated carbocycles. The smallest absolute Gasteiger partial charge is 0.269 e. The van der Waals surface area contributed by atoms with Crippen LogP contribution in [0.15, 0.2) is 52.3 Å². The summed E-state index contributed by atoms with van der Waals surface area (Å²) in [6.45, 7) is 6.71. The zero-order chi connectivity index (χ0) is 28.5. The number of pyridine rings is 1. The van der Waals surface area contributed by atoms with Gasteiger partial charge in [0.05, 0.1) is 4.91 Å². The Balaban J connectivity index is 1.47. The number of fused-ring (bicyclic) bond motifs is 1. The Morgan fingerprint density at radius 1 is 0.950 bits per heavy atom. The molecule has 1 amide bonds. The van der Waals surface area contributed by atoms with E-state index in [1.54, 1.807) is 17.2 Å². The molecule has 0 N–H and O–H groups in total. The zero-order valence-corrected chi connectivity index (χ0v) is 25.4. The van der Waals surface area contributed by atoms with Gasteiger partial charge in [-0.05, 0) is 55.7 Å². The highest BCUT2D eigenvalue weighted by molar-refractivity contribution is 8.26. The molecular weight excluding hydrogens is 539 g/mol. The molecule has 1 saturated heterocycles. The van der Waals surface area contributed by atoms with E-state index in [1.165, 1.54) is 67.5 Å². The quantitative estimate of drug-likeness (QED) is 0.109. The molecule has 212 valence electrons. The zero-order valence-electron chi connectivity index (χ0n) is 23.8. The molecule has 1 fully saturated rings. The van der Waals surface area contributed by atoms with Crippen LogP contribution >= 0.6 is 24.0 Å². The summed E-state index contributed by atoms with van der Waals surface area (Å²) in [6.07, 6.45) is 15.6. The van der Waals surface area contributed by atoms with Crippen LogP contribution < -0.4 is 10.3 Å². The molecular formula is C32H39N3O3S2. The number of ether oxygens (including phenoxy) is 1. The fourth-order valence-corrected chi connectivity index (χ4v) is 6.16. The lowest BCUT2D eigenvalue weighted by Crippen LogP contribution is -2.29. The highest BCUT2D eigenvalue weighted by Gasteiger charge is 2.32. The fourth-order valence-electron chi connectivity index (χ4n) is 4.87. The Bertz CT molecular complexity index is 1450. The van der Waals surface area contributed by atoms with Gasteiger partial charge in [0, 0.05) is 12.7 Å². The highest BCUT2D eigenvalue weighted by Crippen LogP contribution is 2.34. The van der Waals surface area contributed by atoms with Crippen LogP contribution in [-0.2, 0) is 4.79 Å². The molecule has 0 radical (unpaired) electrons. The number of aromatic nitrogens is 2. The Labute approximate surface area is 246 Å². The third kappa shape index (κ3) is 7.61. The van der Waals surface area contributed by atoms with Crippen LogP contribution in [0.3, 0.4) is 0 Å². The SMILES string of the molecule is CCCCCCCCCCCCN1C(=O)/C(=C\c2c(Oc3cccc(C)c3)nc3c(C)cccn3c2=O)SC1=S. The van der Waals surface area contributed by atoms with E-state index in [-0.39, 0.29) is 22.9 Å². The molecule has 3 aromatic rings. The number of thioether (sulfide) groups is 1. The summed E-state index contributed by atoms with van der Waals surface area (Å²) in [5.41, 5.74) is 2.32. The maximum atomic E-state index is 13.6. The van der Waals surface area contributed by atoms with E-state index in [1.807, 2.05) is 50.2 Å². The third-order valence-electron chi connectivity index (χ3n) is 7.14. The lowest BCUT2D eigenvalue weighted by atomic mass is 10.1. The van der Waals surface area contributed by atoms with Gasteiger partial charge in [-0.2, -0.15) is 4.98 Å². The molecule has 0 aliphatic carbocycles. The van der Waals surface area contributed by atoms with E-state index < -0.39 is 0 Å². The molecule has 0 bridgehead atoms. The number of carbonyl (C=O) groups is 1. The fraction of sp³-hybridized carbons (Fsp3) is 0.438. The third-order valence-corrected chi connectivity index (χ3v) is 8.52. The van der Waals surface area contributed by atoms with Crippen molar-refractivity contribution >= 4 is 45.9 Å². The number of aryl methyl sites for hydroxylation is 2. The van der Waals surface area contributed by atoms with E-state index in [0.29, 0.717) is 27.2 Å². The van der Waals surface area contributed by atoms with E-state index in [9.17, 15) is 9.59 Å². The number of unbranched alkanes of at least 4 members (excludes halogenated alkanes) is 9. The van der Waals surface area contributed by atoms with Gasteiger partial charge in [0.25, 0.3) is 11.5 Å². The Morgan fingerprint density at radius 2 is 1.65 bits per heavy atom. The lowest BCUT2D eigenvalue weighted by molar-refractivity contribution is -0.122. The number of carbonyl (C=O) groups excluding carboxylic acids is 1. The van der Waals surface area contributed by atoms with Crippen molar-refractivity contribution in [2.45, 2.75) is 85.0 Å². The van der Waals surface area contributed by atoms with Gasteiger partial charge in [-0.1, -0.05) is 107 Å². The first-order valence-electron chi connectivity index (χ1n) is 14.4. The normalized spacial score (nSPS) is 14.6. The summed E-state index contributed by atoms with van der Waals surface area (Å²) < 4.78 is 8.16. The van der Waals surface area contributed by atoms with E-state index in [2.05, 4.69) is 6.92 Å². The molecule has 2 aromatic heterocycles. The molecule has 8 heteroatoms. The lowest BCUT2D eigenvalue weighted by Gasteiger charge is -2.14. The molecule has 40 heavy (non-hydrogen) atoms. The summed E-state index contributed by atoms with van der Waals surface area (Å²) in [4.78, 5) is 33.7. The molecule has 6 nitrogen and oxygen atoms in total. The van der Waals surface area contributed by atoms with Crippen LogP contribution in [0.2, 0.25) is 0 Å². The molecule has 1 aromatic carbocycles. The van der Waals surface area contributed by atoms with Gasteiger partial charge in [-0.25, -0.2) is 0 Å². The predicted molar refractivity (Wildman–Crippen MR) is 169 cm³/mol. The molecule has 0 atom stereocenters. The Kier molecular flexibility index (Phi) is 10.9. The predicted octanol–water partition coefficient (Wildman–Crippen LogP) is 8.23. The number of hydrogen-bond donors (Lipinski definition) is 0. The standard InChI is InChI=1S/C32H39N3O3S2/c1-4-5-6-7-8-9-10-11-12-13-19-35-31(37)27(40-32(35)39)22-26-29(38-25-18-14-16-23(2)21-25)33-28-24(3)17-15-20-34(28)30(26)36/h14-18,20-22H,4-13,19H2,1-3H3/b27-22+. The average molecular weight is 578 g/mol. The van der Waals surface area contributed by atoms with Crippen molar-refractivity contribution in [2.75, 3.05) is 6.54 Å². The van der Waals surface area contributed by atoms with Crippen molar-refractivity contribution in [3.8, 4) is 11.6 Å². The van der Waals surface area contributed by atoms with Gasteiger partial charge in [0.15, 0.2) is 0 Å². The molecule has 0 spiro atoms. The second kappa shape index (κ2) is 14.6. The van der Waals surface area contributed by atoms with Crippen molar-refractivity contribution < 1.29 is 9.53 Å². The number of thiocarbonyl (C=S) groups is 1. The van der Waals surface area contributed by atoms with Crippen LogP contribution in [0.4, 0.5) is 0 Å². The number of amides is 1. The minimum Gasteiger partial charge on any atom is -0.438 e. The summed E-state index contributed by atoms with van der Waals surface area (Å²) >= 11 is 6.79. The van der Waals surface area contributed by atoms with Gasteiger partial charge in [0.2, 0.25) is 5.88 Å². The number of benzene rings is 1. The first-order valence-corrected chi connectivity index (χ1v) is 15.6. The summed E-state index contributed by atoms with van der Waals surface area (Å²) in [5.74, 6) is 0.582. The first-order chi connectivity index (χ1) is 19.4. The second-order valence-electron chi connectivity index (χ2n) is 10.5. The number of rotatable bonds is 14. The van der Waals surface area contributed by atoms with Crippen molar-refractivity contribution in [2.24, 2.45) is 0 Å². The van der Waals surface area contributed by atoms with Crippen LogP contribution in [0.1, 0.15) is 87.8 Å². The minimum atomic E-state index is -0.295. The van der Waals surface area contributed by atoms with Gasteiger partial charge in [0.1, 0.15) is 21.3 Å². The first kappa shape index (κ1) is 30.0. The van der Waals surface area contributed by atoms with Crippen molar-refractivity contribution in [1.29, 1.82) is 0 Å². The van der Waals surface area contributed by atoms with Gasteiger partial charge in [-0.3, -0.25) is 18.9 Å². The summed E-state index contributed by atoms with van der Waals surface area (Å²) in [6, 6.07) is 11.3. The monoisotopic (exact) mass is 577 g/mol. The van der Waals surface area contributed by atoms with Crippen LogP contribution in [0.5, 0.6) is 11.6 Å². The molecule has 1 aliphatic heterocycles. The maximum absolute atomic E-state index is 13.6. The van der Waals surface area contributed by atoms with E-state index in [4.69, 9.17) is 21.9 Å². The topological polar surface area (TPSA) is 63.9 Å². The molecule has 4 rings (SSSR count). The van der Waals surface area contributed by atoms with Crippen molar-refractivity contribution in [3.05, 3.63) is 74.5 Å². The highest BCUT2D eigenvalue weighted by atomic mass is 32.2. The molecule has 1 aliphatic rings. The Hall–Kier alpha value is -2.97. The molecule has 0 unspecified atom stereocenters. The van der Waals surface area contributed by atoms with Gasteiger partial charge >= 0.3 is 0 Å². The number of nitrogens with zero attached hydrogens (tertiary/aromatic N) is 3. The Morgan fingerprint density at radius 3 is 2.35 bits per heavy atom. The largest absolute Gasteiger partial charge is 0.438 e.